The normalized spacial score (nSPS) is 25.0. The second kappa shape index (κ2) is 7.34. The molecule has 2 aliphatic rings. The summed E-state index contributed by atoms with van der Waals surface area (Å²) in [6, 6.07) is 1.91. The van der Waals surface area contributed by atoms with Crippen molar-refractivity contribution in [2.75, 3.05) is 13.1 Å². The van der Waals surface area contributed by atoms with Crippen LogP contribution in [0.3, 0.4) is 0 Å². The second-order valence-electron chi connectivity index (χ2n) is 6.91. The molecule has 2 N–H and O–H groups in total. The van der Waals surface area contributed by atoms with E-state index in [1.54, 1.807) is 0 Å². The van der Waals surface area contributed by atoms with Crippen LogP contribution in [-0.2, 0) is 13.6 Å². The van der Waals surface area contributed by atoms with Crippen LogP contribution in [0.15, 0.2) is 17.6 Å². The van der Waals surface area contributed by atoms with Gasteiger partial charge in [-0.1, -0.05) is 6.08 Å². The van der Waals surface area contributed by atoms with Crippen molar-refractivity contribution in [1.29, 1.82) is 0 Å². The van der Waals surface area contributed by atoms with Gasteiger partial charge in [0.1, 0.15) is 12.4 Å². The summed E-state index contributed by atoms with van der Waals surface area (Å²) in [5.74, 6) is 2.59. The molecule has 1 aromatic heterocycles. The van der Waals surface area contributed by atoms with Crippen LogP contribution >= 0.6 is 0 Å². The van der Waals surface area contributed by atoms with Gasteiger partial charge in [-0.05, 0) is 33.1 Å². The molecule has 132 valence electrons. The number of likely N-dealkylation sites (tertiary alicyclic amines) is 1. The standard InChI is InChI=1S/C17H29N7/c1-5-8-18-17(19-10-16-22-21-13(3)23(16)4)20-14-9-12(2)24(11-14)15-6-7-15/h5,12,14-15H,1,6-11H2,2-4H3,(H2,18,19,20). The smallest absolute Gasteiger partial charge is 0.192 e. The quantitative estimate of drug-likeness (QED) is 0.462. The molecule has 1 aliphatic carbocycles. The van der Waals surface area contributed by atoms with Gasteiger partial charge in [0, 0.05) is 38.3 Å². The van der Waals surface area contributed by atoms with Crippen LogP contribution in [0.2, 0.25) is 0 Å². The second-order valence-corrected chi connectivity index (χ2v) is 6.91. The molecule has 1 saturated carbocycles. The summed E-state index contributed by atoms with van der Waals surface area (Å²) in [5, 5.41) is 15.2. The average molecular weight is 331 g/mol. The van der Waals surface area contributed by atoms with E-state index in [2.05, 4.69) is 44.2 Å². The lowest BCUT2D eigenvalue weighted by Crippen LogP contribution is -2.44. The van der Waals surface area contributed by atoms with Gasteiger partial charge >= 0.3 is 0 Å². The lowest BCUT2D eigenvalue weighted by molar-refractivity contribution is 0.256. The monoisotopic (exact) mass is 331 g/mol. The third-order valence-electron chi connectivity index (χ3n) is 4.95. The van der Waals surface area contributed by atoms with Crippen LogP contribution < -0.4 is 10.6 Å². The number of hydrogen-bond acceptors (Lipinski definition) is 4. The first-order chi connectivity index (χ1) is 11.6. The molecule has 1 aliphatic heterocycles. The average Bonchev–Trinajstić information content (AvgIpc) is 3.27. The van der Waals surface area contributed by atoms with Gasteiger partial charge in [0.2, 0.25) is 0 Å². The maximum absolute atomic E-state index is 4.68. The van der Waals surface area contributed by atoms with Gasteiger partial charge in [-0.25, -0.2) is 4.99 Å². The molecule has 2 unspecified atom stereocenters. The highest BCUT2D eigenvalue weighted by Crippen LogP contribution is 2.33. The third-order valence-corrected chi connectivity index (χ3v) is 4.95. The summed E-state index contributed by atoms with van der Waals surface area (Å²) in [6.07, 6.45) is 5.72. The summed E-state index contributed by atoms with van der Waals surface area (Å²) in [4.78, 5) is 7.32. The Balaban J connectivity index is 1.61. The molecule has 7 heteroatoms. The molecule has 2 heterocycles. The Labute approximate surface area is 144 Å². The summed E-state index contributed by atoms with van der Waals surface area (Å²) < 4.78 is 1.97. The van der Waals surface area contributed by atoms with E-state index in [-0.39, 0.29) is 0 Å². The Morgan fingerprint density at radius 3 is 2.83 bits per heavy atom. The Kier molecular flexibility index (Phi) is 5.18. The lowest BCUT2D eigenvalue weighted by atomic mass is 10.2. The van der Waals surface area contributed by atoms with Crippen LogP contribution in [-0.4, -0.2) is 56.8 Å². The SMILES string of the molecule is C=CCNC(=NCc1nnc(C)n1C)NC1CC(C)N(C2CC2)C1. The maximum atomic E-state index is 4.68. The molecule has 0 bridgehead atoms. The van der Waals surface area contributed by atoms with Crippen LogP contribution in [0.4, 0.5) is 0 Å². The molecule has 0 amide bonds. The zero-order valence-electron chi connectivity index (χ0n) is 15.0. The van der Waals surface area contributed by atoms with Gasteiger partial charge in [-0.3, -0.25) is 4.90 Å². The largest absolute Gasteiger partial charge is 0.353 e. The lowest BCUT2D eigenvalue weighted by Gasteiger charge is -2.20. The van der Waals surface area contributed by atoms with E-state index in [0.29, 0.717) is 25.2 Å². The summed E-state index contributed by atoms with van der Waals surface area (Å²) in [6.45, 7) is 10.4. The van der Waals surface area contributed by atoms with Gasteiger partial charge in [0.15, 0.2) is 11.8 Å². The van der Waals surface area contributed by atoms with Crippen molar-refractivity contribution in [1.82, 2.24) is 30.3 Å². The Morgan fingerprint density at radius 1 is 1.42 bits per heavy atom. The number of aryl methyl sites for hydroxylation is 1. The van der Waals surface area contributed by atoms with Gasteiger partial charge in [0.05, 0.1) is 0 Å². The predicted octanol–water partition coefficient (Wildman–Crippen LogP) is 0.970. The van der Waals surface area contributed by atoms with Crippen molar-refractivity contribution < 1.29 is 0 Å². The molecule has 7 nitrogen and oxygen atoms in total. The molecule has 3 rings (SSSR count). The Bertz CT molecular complexity index is 602. The minimum atomic E-state index is 0.442. The highest BCUT2D eigenvalue weighted by Gasteiger charge is 2.38. The third kappa shape index (κ3) is 3.95. The highest BCUT2D eigenvalue weighted by molar-refractivity contribution is 5.80. The molecule has 2 fully saturated rings. The number of nitrogens with zero attached hydrogens (tertiary/aromatic N) is 5. The fourth-order valence-electron chi connectivity index (χ4n) is 3.33. The van der Waals surface area contributed by atoms with E-state index in [1.165, 1.54) is 12.8 Å². The number of aliphatic imine (C=N–C) groups is 1. The Morgan fingerprint density at radius 2 is 2.21 bits per heavy atom. The number of hydrogen-bond donors (Lipinski definition) is 2. The van der Waals surface area contributed by atoms with E-state index in [9.17, 15) is 0 Å². The minimum Gasteiger partial charge on any atom is -0.353 e. The number of rotatable bonds is 6. The summed E-state index contributed by atoms with van der Waals surface area (Å²) >= 11 is 0. The van der Waals surface area contributed by atoms with Gasteiger partial charge in [0.25, 0.3) is 0 Å². The van der Waals surface area contributed by atoms with Crippen molar-refractivity contribution in [2.24, 2.45) is 12.0 Å². The van der Waals surface area contributed by atoms with E-state index in [1.807, 2.05) is 24.6 Å². The summed E-state index contributed by atoms with van der Waals surface area (Å²) in [7, 11) is 1.97. The van der Waals surface area contributed by atoms with Crippen molar-refractivity contribution in [3.8, 4) is 0 Å². The molecule has 1 saturated heterocycles. The first-order valence-corrected chi connectivity index (χ1v) is 8.84. The van der Waals surface area contributed by atoms with E-state index in [0.717, 1.165) is 36.6 Å². The molecule has 0 radical (unpaired) electrons. The number of guanidine groups is 1. The first kappa shape index (κ1) is 17.0. The fourth-order valence-corrected chi connectivity index (χ4v) is 3.33. The zero-order chi connectivity index (χ0) is 17.1. The van der Waals surface area contributed by atoms with Crippen molar-refractivity contribution in [2.45, 2.75) is 57.8 Å². The Hall–Kier alpha value is -1.89. The summed E-state index contributed by atoms with van der Waals surface area (Å²) in [5.41, 5.74) is 0. The van der Waals surface area contributed by atoms with Crippen molar-refractivity contribution in [3.05, 3.63) is 24.3 Å². The van der Waals surface area contributed by atoms with Gasteiger partial charge < -0.3 is 15.2 Å². The molecule has 0 aromatic carbocycles. The van der Waals surface area contributed by atoms with Crippen molar-refractivity contribution in [3.63, 3.8) is 0 Å². The molecule has 0 spiro atoms. The topological polar surface area (TPSA) is 70.4 Å². The molecule has 2 atom stereocenters. The first-order valence-electron chi connectivity index (χ1n) is 8.84. The molecule has 24 heavy (non-hydrogen) atoms. The van der Waals surface area contributed by atoms with Gasteiger partial charge in [-0.2, -0.15) is 0 Å². The van der Waals surface area contributed by atoms with Crippen LogP contribution in [0.5, 0.6) is 0 Å². The minimum absolute atomic E-state index is 0.442. The van der Waals surface area contributed by atoms with E-state index in [4.69, 9.17) is 0 Å². The number of nitrogens with one attached hydrogen (secondary N) is 2. The van der Waals surface area contributed by atoms with Gasteiger partial charge in [-0.15, -0.1) is 16.8 Å². The van der Waals surface area contributed by atoms with E-state index < -0.39 is 0 Å². The van der Waals surface area contributed by atoms with Crippen LogP contribution in [0, 0.1) is 6.92 Å². The molecular formula is C17H29N7. The highest BCUT2D eigenvalue weighted by atomic mass is 15.3. The van der Waals surface area contributed by atoms with E-state index >= 15 is 0 Å². The number of aromatic nitrogens is 3. The zero-order valence-corrected chi connectivity index (χ0v) is 15.0. The fraction of sp³-hybridized carbons (Fsp3) is 0.706. The maximum Gasteiger partial charge on any atom is 0.192 e. The molecule has 1 aromatic rings. The van der Waals surface area contributed by atoms with Crippen LogP contribution in [0.25, 0.3) is 0 Å². The van der Waals surface area contributed by atoms with Crippen molar-refractivity contribution >= 4 is 5.96 Å². The van der Waals surface area contributed by atoms with Crippen LogP contribution in [0.1, 0.15) is 37.8 Å². The predicted molar refractivity (Wildman–Crippen MR) is 95.8 cm³/mol. The molecular weight excluding hydrogens is 302 g/mol.